The van der Waals surface area contributed by atoms with Gasteiger partial charge in [-0.25, -0.2) is 0 Å². The lowest BCUT2D eigenvalue weighted by Crippen LogP contribution is -2.04. The van der Waals surface area contributed by atoms with Crippen molar-refractivity contribution in [2.24, 2.45) is 0 Å². The lowest BCUT2D eigenvalue weighted by Gasteiger charge is -1.85. The minimum atomic E-state index is -0.162. The number of aromatic nitrogens is 1. The Balaban J connectivity index is 0. The number of aromatic amines is 1. The summed E-state index contributed by atoms with van der Waals surface area (Å²) in [4.78, 5) is 12.7. The summed E-state index contributed by atoms with van der Waals surface area (Å²) >= 11 is 0. The van der Waals surface area contributed by atoms with Crippen LogP contribution in [-0.4, -0.2) is 4.98 Å². The van der Waals surface area contributed by atoms with Gasteiger partial charge in [0.2, 0.25) is 5.56 Å². The maximum atomic E-state index is 10.4. The van der Waals surface area contributed by atoms with E-state index in [4.69, 9.17) is 5.73 Å². The lowest BCUT2D eigenvalue weighted by atomic mass is 10.5. The van der Waals surface area contributed by atoms with Crippen LogP contribution in [0.25, 0.3) is 0 Å². The molecule has 3 N–H and O–H groups in total. The van der Waals surface area contributed by atoms with E-state index in [2.05, 4.69) is 4.98 Å². The molecule has 0 aromatic carbocycles. The van der Waals surface area contributed by atoms with Gasteiger partial charge in [-0.1, -0.05) is 33.8 Å². The minimum absolute atomic E-state index is 0.162. The molecule has 0 atom stereocenters. The molecule has 0 bridgehead atoms. The Kier molecular flexibility index (Phi) is 10.8. The van der Waals surface area contributed by atoms with Crippen molar-refractivity contribution in [1.29, 1.82) is 0 Å². The van der Waals surface area contributed by atoms with Gasteiger partial charge in [-0.05, 0) is 6.07 Å². The molecule has 0 amide bonds. The summed E-state index contributed by atoms with van der Waals surface area (Å²) in [7, 11) is 0. The van der Waals surface area contributed by atoms with Gasteiger partial charge in [0.15, 0.2) is 0 Å². The fraction of sp³-hybridized carbons (Fsp3) is 0.444. The molecule has 0 aliphatic carbocycles. The number of H-pyrrole nitrogens is 1. The third kappa shape index (κ3) is 6.86. The fourth-order valence-electron chi connectivity index (χ4n) is 0.465. The maximum absolute atomic E-state index is 10.4. The number of hydrogen-bond acceptors (Lipinski definition) is 2. The Bertz CT molecular complexity index is 230. The first kappa shape index (κ1) is 13.3. The summed E-state index contributed by atoms with van der Waals surface area (Å²) in [6.07, 6.45) is 0. The molecular weight excluding hydrogens is 152 g/mol. The van der Waals surface area contributed by atoms with Crippen molar-refractivity contribution in [3.8, 4) is 0 Å². The molecular formula is C9H18N2O. The lowest BCUT2D eigenvalue weighted by molar-refractivity contribution is 1.25. The molecule has 1 aromatic rings. The normalized spacial score (nSPS) is 7.00. The van der Waals surface area contributed by atoms with Crippen molar-refractivity contribution in [3.63, 3.8) is 0 Å². The molecule has 0 spiro atoms. The Morgan fingerprint density at radius 2 is 1.67 bits per heavy atom. The third-order valence-electron chi connectivity index (χ3n) is 0.791. The Hall–Kier alpha value is -1.25. The third-order valence-corrected chi connectivity index (χ3v) is 0.791. The average molecular weight is 170 g/mol. The highest BCUT2D eigenvalue weighted by Gasteiger charge is 1.79. The first-order chi connectivity index (χ1) is 5.79. The van der Waals surface area contributed by atoms with Gasteiger partial charge in [-0.3, -0.25) is 4.79 Å². The molecule has 0 saturated carbocycles. The van der Waals surface area contributed by atoms with Crippen molar-refractivity contribution in [3.05, 3.63) is 28.6 Å². The zero-order valence-corrected chi connectivity index (χ0v) is 8.22. The highest BCUT2D eigenvalue weighted by atomic mass is 16.1. The molecule has 1 rings (SSSR count). The van der Waals surface area contributed by atoms with Gasteiger partial charge in [0.05, 0.1) is 0 Å². The van der Waals surface area contributed by atoms with Gasteiger partial charge in [0.25, 0.3) is 0 Å². The van der Waals surface area contributed by atoms with E-state index in [1.807, 2.05) is 27.7 Å². The first-order valence-corrected chi connectivity index (χ1v) is 4.24. The highest BCUT2D eigenvalue weighted by molar-refractivity contribution is 5.25. The van der Waals surface area contributed by atoms with Crippen molar-refractivity contribution in [2.45, 2.75) is 27.7 Å². The van der Waals surface area contributed by atoms with E-state index in [1.165, 1.54) is 6.07 Å². The highest BCUT2D eigenvalue weighted by Crippen LogP contribution is 1.85. The molecule has 0 radical (unpaired) electrons. The van der Waals surface area contributed by atoms with Crippen molar-refractivity contribution < 1.29 is 0 Å². The van der Waals surface area contributed by atoms with Crippen LogP contribution in [0.4, 0.5) is 5.82 Å². The first-order valence-electron chi connectivity index (χ1n) is 4.24. The van der Waals surface area contributed by atoms with Gasteiger partial charge >= 0.3 is 0 Å². The van der Waals surface area contributed by atoms with E-state index in [0.29, 0.717) is 5.82 Å². The molecule has 0 aliphatic rings. The van der Waals surface area contributed by atoms with Crippen LogP contribution in [0.15, 0.2) is 23.0 Å². The van der Waals surface area contributed by atoms with Crippen molar-refractivity contribution >= 4 is 5.82 Å². The van der Waals surface area contributed by atoms with Gasteiger partial charge in [-0.15, -0.1) is 0 Å². The average Bonchev–Trinajstić information content (AvgIpc) is 2.11. The zero-order valence-electron chi connectivity index (χ0n) is 8.22. The summed E-state index contributed by atoms with van der Waals surface area (Å²) in [5, 5.41) is 0. The Labute approximate surface area is 73.6 Å². The van der Waals surface area contributed by atoms with E-state index in [0.717, 1.165) is 0 Å². The monoisotopic (exact) mass is 170 g/mol. The summed E-state index contributed by atoms with van der Waals surface area (Å²) in [5.74, 6) is 0.400. The molecule has 1 aromatic heterocycles. The molecule has 3 heteroatoms. The minimum Gasteiger partial charge on any atom is -0.385 e. The van der Waals surface area contributed by atoms with Gasteiger partial charge in [0.1, 0.15) is 5.82 Å². The van der Waals surface area contributed by atoms with E-state index in [1.54, 1.807) is 12.1 Å². The molecule has 0 unspecified atom stereocenters. The summed E-state index contributed by atoms with van der Waals surface area (Å²) in [6, 6.07) is 4.64. The largest absolute Gasteiger partial charge is 0.385 e. The van der Waals surface area contributed by atoms with Crippen LogP contribution in [0.2, 0.25) is 0 Å². The van der Waals surface area contributed by atoms with Crippen LogP contribution in [0.1, 0.15) is 27.7 Å². The van der Waals surface area contributed by atoms with E-state index >= 15 is 0 Å². The second-order valence-corrected chi connectivity index (χ2v) is 1.47. The zero-order chi connectivity index (χ0) is 9.98. The number of nitrogen functional groups attached to an aromatic ring is 1. The SMILES string of the molecule is CC.CC.Nc1cccc(=O)[nH]1. The van der Waals surface area contributed by atoms with E-state index in [9.17, 15) is 4.79 Å². The van der Waals surface area contributed by atoms with Crippen LogP contribution < -0.4 is 11.3 Å². The number of nitrogens with one attached hydrogen (secondary N) is 1. The molecule has 70 valence electrons. The molecule has 3 nitrogen and oxygen atoms in total. The maximum Gasteiger partial charge on any atom is 0.249 e. The van der Waals surface area contributed by atoms with Gasteiger partial charge < -0.3 is 10.7 Å². The molecule has 0 saturated heterocycles. The number of pyridine rings is 1. The second kappa shape index (κ2) is 9.75. The smallest absolute Gasteiger partial charge is 0.249 e. The van der Waals surface area contributed by atoms with E-state index < -0.39 is 0 Å². The molecule has 1 heterocycles. The van der Waals surface area contributed by atoms with Crippen molar-refractivity contribution in [1.82, 2.24) is 4.98 Å². The predicted octanol–water partition coefficient (Wildman–Crippen LogP) is 2.01. The van der Waals surface area contributed by atoms with Crippen LogP contribution in [0, 0.1) is 0 Å². The summed E-state index contributed by atoms with van der Waals surface area (Å²) in [6.45, 7) is 8.00. The van der Waals surface area contributed by atoms with Crippen LogP contribution in [0.5, 0.6) is 0 Å². The van der Waals surface area contributed by atoms with Crippen LogP contribution in [-0.2, 0) is 0 Å². The summed E-state index contributed by atoms with van der Waals surface area (Å²) < 4.78 is 0. The fourth-order valence-corrected chi connectivity index (χ4v) is 0.465. The van der Waals surface area contributed by atoms with Gasteiger partial charge in [-0.2, -0.15) is 0 Å². The topological polar surface area (TPSA) is 58.9 Å². The standard InChI is InChI=1S/C5H6N2O.2C2H6/c6-4-2-1-3-5(8)7-4;2*1-2/h1-3H,(H3,6,7,8);2*1-2H3. The number of rotatable bonds is 0. The van der Waals surface area contributed by atoms with Crippen molar-refractivity contribution in [2.75, 3.05) is 5.73 Å². The van der Waals surface area contributed by atoms with Crippen LogP contribution >= 0.6 is 0 Å². The Morgan fingerprint density at radius 3 is 1.92 bits per heavy atom. The number of hydrogen-bond donors (Lipinski definition) is 2. The molecule has 12 heavy (non-hydrogen) atoms. The molecule has 0 aliphatic heterocycles. The van der Waals surface area contributed by atoms with E-state index in [-0.39, 0.29) is 5.56 Å². The number of nitrogens with two attached hydrogens (primary N) is 1. The quantitative estimate of drug-likeness (QED) is 0.625. The second-order valence-electron chi connectivity index (χ2n) is 1.47. The van der Waals surface area contributed by atoms with Gasteiger partial charge in [0, 0.05) is 6.07 Å². The Morgan fingerprint density at radius 1 is 1.17 bits per heavy atom. The van der Waals surface area contributed by atoms with Crippen LogP contribution in [0.3, 0.4) is 0 Å². The summed E-state index contributed by atoms with van der Waals surface area (Å²) in [5.41, 5.74) is 5.04. The molecule has 0 fully saturated rings. The predicted molar refractivity (Wildman–Crippen MR) is 54.2 cm³/mol. The number of anilines is 1.